The molecule has 0 saturated carbocycles. The first-order valence-electron chi connectivity index (χ1n) is 16.3. The quantitative estimate of drug-likeness (QED) is 0.367. The molecule has 3 aliphatic rings. The molecule has 2 aromatic carbocycles. The highest BCUT2D eigenvalue weighted by atomic mass is 19.1. The van der Waals surface area contributed by atoms with Gasteiger partial charge in [0.05, 0.1) is 31.4 Å². The molecule has 4 heterocycles. The van der Waals surface area contributed by atoms with Gasteiger partial charge in [0, 0.05) is 55.1 Å². The first kappa shape index (κ1) is 33.4. The minimum absolute atomic E-state index is 0.167. The third-order valence-electron chi connectivity index (χ3n) is 8.87. The first-order valence-corrected chi connectivity index (χ1v) is 16.3. The number of alkyl halides is 1. The Hall–Kier alpha value is -4.54. The Kier molecular flexibility index (Phi) is 9.40. The van der Waals surface area contributed by atoms with Gasteiger partial charge < -0.3 is 29.3 Å². The van der Waals surface area contributed by atoms with Gasteiger partial charge in [0.2, 0.25) is 5.95 Å². The number of hydrogen-bond donors (Lipinski definition) is 1. The summed E-state index contributed by atoms with van der Waals surface area (Å²) in [6, 6.07) is 15.9. The second-order valence-corrected chi connectivity index (χ2v) is 14.2. The number of benzene rings is 2. The second-order valence-electron chi connectivity index (χ2n) is 14.2. The van der Waals surface area contributed by atoms with E-state index in [0.29, 0.717) is 23.4 Å². The molecule has 13 heteroatoms. The fourth-order valence-electron chi connectivity index (χ4n) is 6.30. The summed E-state index contributed by atoms with van der Waals surface area (Å²) in [7, 11) is 0. The van der Waals surface area contributed by atoms with Crippen molar-refractivity contribution < 1.29 is 23.4 Å². The van der Waals surface area contributed by atoms with Crippen LogP contribution in [0.3, 0.4) is 0 Å². The fraction of sp³-hybridized carbons (Fsp3) is 0.514. The number of rotatable bonds is 7. The molecule has 254 valence electrons. The van der Waals surface area contributed by atoms with E-state index in [-0.39, 0.29) is 24.4 Å². The Morgan fingerprint density at radius 3 is 2.44 bits per heavy atom. The van der Waals surface area contributed by atoms with Crippen molar-refractivity contribution in [1.29, 1.82) is 5.26 Å². The van der Waals surface area contributed by atoms with Gasteiger partial charge in [-0.1, -0.05) is 13.8 Å². The molecule has 3 aliphatic heterocycles. The molecule has 0 unspecified atom stereocenters. The standard InChI is InChI=1S/C35H43FN8O4/c1-34(2,3)48-33(45)44-18-28(36)30(35(4,5)21-44)47-29-11-6-23(16-24(29)17-37)31-38-22-39-32(41-31)40-25-7-9-26(10-8-25)42-12-14-43(15-13-42)27-19-46-20-27/h6-11,16,22,27-28,30H,12-15,18-21H2,1-5H3,(H,38,39,40,41)/t28-,30-/m0/s1. The van der Waals surface area contributed by atoms with Crippen molar-refractivity contribution in [2.45, 2.75) is 58.5 Å². The lowest BCUT2D eigenvalue weighted by atomic mass is 9.80. The van der Waals surface area contributed by atoms with Gasteiger partial charge >= 0.3 is 6.09 Å². The van der Waals surface area contributed by atoms with Gasteiger partial charge in [-0.05, 0) is 63.2 Å². The van der Waals surface area contributed by atoms with Crippen LogP contribution in [0.2, 0.25) is 0 Å². The van der Waals surface area contributed by atoms with E-state index in [1.807, 2.05) is 26.0 Å². The normalized spacial score (nSPS) is 21.6. The predicted octanol–water partition coefficient (Wildman–Crippen LogP) is 5.04. The van der Waals surface area contributed by atoms with Gasteiger partial charge in [-0.3, -0.25) is 4.90 Å². The van der Waals surface area contributed by atoms with Gasteiger partial charge in [-0.15, -0.1) is 0 Å². The van der Waals surface area contributed by atoms with Crippen LogP contribution in [0.4, 0.5) is 26.5 Å². The van der Waals surface area contributed by atoms with Crippen LogP contribution in [0, 0.1) is 16.7 Å². The molecule has 3 fully saturated rings. The van der Waals surface area contributed by atoms with Crippen LogP contribution in [-0.2, 0) is 9.47 Å². The fourth-order valence-corrected chi connectivity index (χ4v) is 6.30. The zero-order valence-electron chi connectivity index (χ0n) is 28.1. The van der Waals surface area contributed by atoms with E-state index >= 15 is 4.39 Å². The number of nitrogens with one attached hydrogen (secondary N) is 1. The lowest BCUT2D eigenvalue weighted by molar-refractivity contribution is -0.0683. The minimum Gasteiger partial charge on any atom is -0.485 e. The van der Waals surface area contributed by atoms with E-state index < -0.39 is 29.4 Å². The zero-order valence-corrected chi connectivity index (χ0v) is 28.1. The number of likely N-dealkylation sites (tertiary alicyclic amines) is 1. The zero-order chi connectivity index (χ0) is 34.1. The highest BCUT2D eigenvalue weighted by Gasteiger charge is 2.47. The molecule has 0 radical (unpaired) electrons. The largest absolute Gasteiger partial charge is 0.485 e. The molecule has 1 N–H and O–H groups in total. The van der Waals surface area contributed by atoms with Crippen molar-refractivity contribution in [1.82, 2.24) is 24.8 Å². The number of anilines is 3. The number of aromatic nitrogens is 3. The summed E-state index contributed by atoms with van der Waals surface area (Å²) in [5.74, 6) is 0.983. The van der Waals surface area contributed by atoms with E-state index in [1.165, 1.54) is 16.9 Å². The maximum Gasteiger partial charge on any atom is 0.410 e. The Morgan fingerprint density at radius 2 is 1.81 bits per heavy atom. The number of amides is 1. The van der Waals surface area contributed by atoms with E-state index in [4.69, 9.17) is 14.2 Å². The molecule has 12 nitrogen and oxygen atoms in total. The Bertz CT molecular complexity index is 1650. The van der Waals surface area contributed by atoms with Crippen molar-refractivity contribution in [3.05, 3.63) is 54.4 Å². The molecule has 1 aromatic heterocycles. The number of halogens is 1. The second kappa shape index (κ2) is 13.5. The van der Waals surface area contributed by atoms with Gasteiger partial charge in [0.1, 0.15) is 29.9 Å². The molecule has 6 rings (SSSR count). The molecule has 0 spiro atoms. The van der Waals surface area contributed by atoms with E-state index in [1.54, 1.807) is 39.0 Å². The Morgan fingerprint density at radius 1 is 1.08 bits per heavy atom. The summed E-state index contributed by atoms with van der Waals surface area (Å²) in [6.45, 7) is 14.8. The molecule has 2 atom stereocenters. The molecule has 0 bridgehead atoms. The van der Waals surface area contributed by atoms with Crippen molar-refractivity contribution in [3.8, 4) is 23.2 Å². The van der Waals surface area contributed by atoms with Gasteiger partial charge in [0.15, 0.2) is 12.0 Å². The summed E-state index contributed by atoms with van der Waals surface area (Å²) in [4.78, 5) is 32.1. The van der Waals surface area contributed by atoms with Crippen molar-refractivity contribution in [3.63, 3.8) is 0 Å². The highest BCUT2D eigenvalue weighted by Crippen LogP contribution is 2.37. The maximum absolute atomic E-state index is 15.5. The van der Waals surface area contributed by atoms with Crippen LogP contribution in [0.15, 0.2) is 48.8 Å². The first-order chi connectivity index (χ1) is 22.9. The summed E-state index contributed by atoms with van der Waals surface area (Å²) >= 11 is 0. The Balaban J connectivity index is 1.09. The number of carbonyl (C=O) groups is 1. The number of piperidine rings is 1. The number of hydrogen-bond acceptors (Lipinski definition) is 11. The third-order valence-corrected chi connectivity index (χ3v) is 8.87. The summed E-state index contributed by atoms with van der Waals surface area (Å²) in [5, 5.41) is 13.2. The van der Waals surface area contributed by atoms with Gasteiger partial charge in [-0.25, -0.2) is 19.2 Å². The number of piperazine rings is 1. The lowest BCUT2D eigenvalue weighted by Crippen LogP contribution is -2.59. The number of carbonyl (C=O) groups excluding carboxylic acids is 1. The summed E-state index contributed by atoms with van der Waals surface area (Å²) in [6.07, 6.45) is -1.53. The maximum atomic E-state index is 15.5. The molecule has 3 saturated heterocycles. The average molecular weight is 659 g/mol. The molecule has 1 amide bonds. The number of nitrogens with zero attached hydrogens (tertiary/aromatic N) is 7. The molecule has 48 heavy (non-hydrogen) atoms. The molecular weight excluding hydrogens is 615 g/mol. The van der Waals surface area contributed by atoms with Crippen LogP contribution in [0.25, 0.3) is 11.4 Å². The van der Waals surface area contributed by atoms with Crippen molar-refractivity contribution in [2.24, 2.45) is 5.41 Å². The van der Waals surface area contributed by atoms with Crippen molar-refractivity contribution >= 4 is 23.4 Å². The number of ether oxygens (including phenoxy) is 3. The van der Waals surface area contributed by atoms with E-state index in [2.05, 4.69) is 48.3 Å². The number of nitriles is 1. The molecular formula is C35H43FN8O4. The van der Waals surface area contributed by atoms with Crippen LogP contribution in [0.5, 0.6) is 5.75 Å². The van der Waals surface area contributed by atoms with Crippen LogP contribution in [-0.4, -0.2) is 107 Å². The molecule has 3 aromatic rings. The lowest BCUT2D eigenvalue weighted by Gasteiger charge is -2.45. The van der Waals surface area contributed by atoms with E-state index in [9.17, 15) is 10.1 Å². The summed E-state index contributed by atoms with van der Waals surface area (Å²) in [5.41, 5.74) is 1.37. The average Bonchev–Trinajstić information content (AvgIpc) is 3.02. The Labute approximate surface area is 280 Å². The van der Waals surface area contributed by atoms with Gasteiger partial charge in [-0.2, -0.15) is 10.2 Å². The highest BCUT2D eigenvalue weighted by molar-refractivity contribution is 5.68. The topological polar surface area (TPSA) is 129 Å². The monoisotopic (exact) mass is 658 g/mol. The van der Waals surface area contributed by atoms with Crippen molar-refractivity contribution in [2.75, 3.05) is 62.7 Å². The van der Waals surface area contributed by atoms with E-state index in [0.717, 1.165) is 45.1 Å². The summed E-state index contributed by atoms with van der Waals surface area (Å²) < 4.78 is 32.5. The predicted molar refractivity (Wildman–Crippen MR) is 179 cm³/mol. The molecule has 0 aliphatic carbocycles. The SMILES string of the molecule is CC(C)(C)OC(=O)N1C[C@H](F)[C@H](Oc2ccc(-c3ncnc(Nc4ccc(N5CCN(C6COC6)CC5)cc4)n3)cc2C#N)C(C)(C)C1. The third kappa shape index (κ3) is 7.61. The van der Waals surface area contributed by atoms with Gasteiger partial charge in [0.25, 0.3) is 0 Å². The van der Waals surface area contributed by atoms with Crippen LogP contribution >= 0.6 is 0 Å². The minimum atomic E-state index is -1.49. The van der Waals surface area contributed by atoms with Crippen LogP contribution < -0.4 is 15.0 Å². The smallest absolute Gasteiger partial charge is 0.410 e. The van der Waals surface area contributed by atoms with Crippen LogP contribution in [0.1, 0.15) is 40.2 Å².